The van der Waals surface area contributed by atoms with E-state index in [-0.39, 0.29) is 0 Å². The van der Waals surface area contributed by atoms with Gasteiger partial charge >= 0.3 is 0 Å². The van der Waals surface area contributed by atoms with Crippen molar-refractivity contribution in [2.24, 2.45) is 0 Å². The summed E-state index contributed by atoms with van der Waals surface area (Å²) in [5, 5.41) is 10.7. The van der Waals surface area contributed by atoms with E-state index in [0.29, 0.717) is 11.1 Å². The van der Waals surface area contributed by atoms with Crippen LogP contribution in [0.4, 0.5) is 0 Å². The molecule has 0 amide bonds. The topological polar surface area (TPSA) is 20.2 Å². The van der Waals surface area contributed by atoms with Gasteiger partial charge in [0.1, 0.15) is 0 Å². The molecule has 0 aliphatic rings. The zero-order valence-electron chi connectivity index (χ0n) is 9.10. The average molecular weight is 287 g/mol. The first-order chi connectivity index (χ1) is 8.18. The number of hydrogen-bond acceptors (Lipinski definition) is 1. The normalized spacial score (nSPS) is 13.7. The number of benzene rings is 2. The first-order valence-corrected chi connectivity index (χ1v) is 5.98. The Balaban J connectivity index is 2.62. The average Bonchev–Trinajstić information content (AvgIpc) is 2.39. The molecule has 0 heterocycles. The molecule has 17 heavy (non-hydrogen) atoms. The lowest BCUT2D eigenvalue weighted by molar-refractivity contribution is 0.144. The van der Waals surface area contributed by atoms with E-state index in [0.717, 1.165) is 4.47 Å². The molecule has 1 N–H and O–H groups in total. The molecule has 1 nitrogen and oxygen atoms in total. The van der Waals surface area contributed by atoms with Gasteiger partial charge in [0.2, 0.25) is 0 Å². The molecule has 0 saturated carbocycles. The molecular weight excluding hydrogens is 276 g/mol. The minimum absolute atomic E-state index is 0.675. The Morgan fingerprint density at radius 1 is 1.00 bits per heavy atom. The van der Waals surface area contributed by atoms with Crippen LogP contribution in [0.25, 0.3) is 0 Å². The van der Waals surface area contributed by atoms with Crippen molar-refractivity contribution in [3.8, 4) is 12.3 Å². The second kappa shape index (κ2) is 4.75. The van der Waals surface area contributed by atoms with Gasteiger partial charge in [0.25, 0.3) is 0 Å². The van der Waals surface area contributed by atoms with Crippen LogP contribution in [-0.4, -0.2) is 5.11 Å². The monoisotopic (exact) mass is 286 g/mol. The number of terminal acetylenes is 1. The maximum absolute atomic E-state index is 10.7. The summed E-state index contributed by atoms with van der Waals surface area (Å²) in [6.45, 7) is 0. The lowest BCUT2D eigenvalue weighted by atomic mass is 9.87. The Morgan fingerprint density at radius 3 is 2.18 bits per heavy atom. The zero-order valence-corrected chi connectivity index (χ0v) is 10.7. The highest BCUT2D eigenvalue weighted by atomic mass is 79.9. The van der Waals surface area contributed by atoms with E-state index in [1.165, 1.54) is 0 Å². The number of hydrogen-bond donors (Lipinski definition) is 1. The van der Waals surface area contributed by atoms with Crippen molar-refractivity contribution in [2.45, 2.75) is 5.60 Å². The van der Waals surface area contributed by atoms with Gasteiger partial charge in [-0.3, -0.25) is 0 Å². The quantitative estimate of drug-likeness (QED) is 0.840. The minimum atomic E-state index is -1.40. The lowest BCUT2D eigenvalue weighted by Crippen LogP contribution is -2.25. The third-order valence-electron chi connectivity index (χ3n) is 2.66. The Morgan fingerprint density at radius 2 is 1.59 bits per heavy atom. The van der Waals surface area contributed by atoms with E-state index in [1.54, 1.807) is 0 Å². The first-order valence-electron chi connectivity index (χ1n) is 5.19. The standard InChI is InChI=1S/C15H11BrO/c1-2-15(17,12-8-4-3-5-9-12)13-10-6-7-11-14(13)16/h1,3-11,17H/t15-/m1/s1. The van der Waals surface area contributed by atoms with Crippen LogP contribution in [0.2, 0.25) is 0 Å². The van der Waals surface area contributed by atoms with Gasteiger partial charge in [-0.25, -0.2) is 0 Å². The molecule has 0 aliphatic carbocycles. The first kappa shape index (κ1) is 11.9. The molecule has 2 aromatic carbocycles. The summed E-state index contributed by atoms with van der Waals surface area (Å²) in [6, 6.07) is 16.7. The second-order valence-corrected chi connectivity index (χ2v) is 4.55. The zero-order chi connectivity index (χ0) is 12.3. The fourth-order valence-electron chi connectivity index (χ4n) is 1.75. The van der Waals surface area contributed by atoms with Crippen LogP contribution in [0.5, 0.6) is 0 Å². The number of halogens is 1. The highest BCUT2D eigenvalue weighted by molar-refractivity contribution is 9.10. The third kappa shape index (κ3) is 2.12. The van der Waals surface area contributed by atoms with Crippen LogP contribution in [0.3, 0.4) is 0 Å². The van der Waals surface area contributed by atoms with Crippen LogP contribution in [0.15, 0.2) is 59.1 Å². The van der Waals surface area contributed by atoms with Gasteiger partial charge in [0.15, 0.2) is 5.60 Å². The van der Waals surface area contributed by atoms with Crippen LogP contribution >= 0.6 is 15.9 Å². The molecular formula is C15H11BrO. The van der Waals surface area contributed by atoms with Crippen molar-refractivity contribution < 1.29 is 5.11 Å². The predicted molar refractivity (Wildman–Crippen MR) is 72.4 cm³/mol. The highest BCUT2D eigenvalue weighted by Crippen LogP contribution is 2.33. The molecule has 2 heteroatoms. The molecule has 84 valence electrons. The van der Waals surface area contributed by atoms with Gasteiger partial charge in [-0.15, -0.1) is 6.42 Å². The van der Waals surface area contributed by atoms with Crippen molar-refractivity contribution in [2.75, 3.05) is 0 Å². The lowest BCUT2D eigenvalue weighted by Gasteiger charge is -2.24. The molecule has 0 fully saturated rings. The summed E-state index contributed by atoms with van der Waals surface area (Å²) in [5.41, 5.74) is -0.0375. The highest BCUT2D eigenvalue weighted by Gasteiger charge is 2.30. The molecule has 0 spiro atoms. The molecule has 2 rings (SSSR count). The number of rotatable bonds is 2. The van der Waals surface area contributed by atoms with Gasteiger partial charge in [-0.1, -0.05) is 70.4 Å². The molecule has 0 aliphatic heterocycles. The number of aliphatic hydroxyl groups is 1. The molecule has 2 aromatic rings. The summed E-state index contributed by atoms with van der Waals surface area (Å²) >= 11 is 3.41. The van der Waals surface area contributed by atoms with Gasteiger partial charge in [0, 0.05) is 15.6 Å². The predicted octanol–water partition coefficient (Wildman–Crippen LogP) is 3.32. The summed E-state index contributed by atoms with van der Waals surface area (Å²) in [6.07, 6.45) is 5.52. The van der Waals surface area contributed by atoms with Crippen LogP contribution < -0.4 is 0 Å². The second-order valence-electron chi connectivity index (χ2n) is 3.70. The molecule has 0 unspecified atom stereocenters. The fraction of sp³-hybridized carbons (Fsp3) is 0.0667. The maximum atomic E-state index is 10.7. The molecule has 0 saturated heterocycles. The molecule has 1 atom stereocenters. The summed E-state index contributed by atoms with van der Waals surface area (Å²) in [5.74, 6) is 2.48. The largest absolute Gasteiger partial charge is 0.369 e. The van der Waals surface area contributed by atoms with Crippen LogP contribution in [0.1, 0.15) is 11.1 Å². The van der Waals surface area contributed by atoms with Crippen molar-refractivity contribution in [1.29, 1.82) is 0 Å². The molecule has 0 bridgehead atoms. The molecule has 0 radical (unpaired) electrons. The third-order valence-corrected chi connectivity index (χ3v) is 3.36. The van der Waals surface area contributed by atoms with Gasteiger partial charge < -0.3 is 5.11 Å². The Labute approximate surface area is 109 Å². The van der Waals surface area contributed by atoms with Gasteiger partial charge in [-0.2, -0.15) is 0 Å². The summed E-state index contributed by atoms with van der Waals surface area (Å²) < 4.78 is 0.796. The van der Waals surface area contributed by atoms with Gasteiger partial charge in [-0.05, 0) is 6.07 Å². The smallest absolute Gasteiger partial charge is 0.177 e. The van der Waals surface area contributed by atoms with Gasteiger partial charge in [0.05, 0.1) is 0 Å². The van der Waals surface area contributed by atoms with Crippen LogP contribution in [-0.2, 0) is 5.60 Å². The SMILES string of the molecule is C#C[C@@](O)(c1ccccc1)c1ccccc1Br. The van der Waals surface area contributed by atoms with Crippen molar-refractivity contribution >= 4 is 15.9 Å². The van der Waals surface area contributed by atoms with E-state index in [2.05, 4.69) is 21.9 Å². The maximum Gasteiger partial charge on any atom is 0.177 e. The summed E-state index contributed by atoms with van der Waals surface area (Å²) in [7, 11) is 0. The van der Waals surface area contributed by atoms with E-state index >= 15 is 0 Å². The van der Waals surface area contributed by atoms with E-state index in [1.807, 2.05) is 54.6 Å². The van der Waals surface area contributed by atoms with E-state index in [4.69, 9.17) is 6.42 Å². The minimum Gasteiger partial charge on any atom is -0.369 e. The Hall–Kier alpha value is -1.56. The van der Waals surface area contributed by atoms with E-state index in [9.17, 15) is 5.11 Å². The molecule has 0 aromatic heterocycles. The van der Waals surface area contributed by atoms with Crippen molar-refractivity contribution in [1.82, 2.24) is 0 Å². The Bertz CT molecular complexity index is 557. The Kier molecular flexibility index (Phi) is 3.33. The van der Waals surface area contributed by atoms with Crippen molar-refractivity contribution in [3.63, 3.8) is 0 Å². The summed E-state index contributed by atoms with van der Waals surface area (Å²) in [4.78, 5) is 0. The van der Waals surface area contributed by atoms with Crippen molar-refractivity contribution in [3.05, 3.63) is 70.2 Å². The van der Waals surface area contributed by atoms with Crippen LogP contribution in [0, 0.1) is 12.3 Å². The van der Waals surface area contributed by atoms with E-state index < -0.39 is 5.60 Å². The fourth-order valence-corrected chi connectivity index (χ4v) is 2.32.